The van der Waals surface area contributed by atoms with Crippen molar-refractivity contribution < 1.29 is 17.7 Å². The topological polar surface area (TPSA) is 85.4 Å². The zero-order valence-electron chi connectivity index (χ0n) is 11.9. The molecule has 3 heterocycles. The van der Waals surface area contributed by atoms with Crippen molar-refractivity contribution in [1.29, 1.82) is 0 Å². The summed E-state index contributed by atoms with van der Waals surface area (Å²) in [5.41, 5.74) is -0.165. The first kappa shape index (κ1) is 15.5. The molecule has 11 heteroatoms. The Bertz CT molecular complexity index is 849. The number of nitrogens with zero attached hydrogens (tertiary/aromatic N) is 5. The van der Waals surface area contributed by atoms with E-state index in [0.717, 1.165) is 10.4 Å². The molecule has 3 aromatic rings. The summed E-state index contributed by atoms with van der Waals surface area (Å²) in [6.45, 7) is 3.11. The average molecular weight is 347 g/mol. The van der Waals surface area contributed by atoms with Gasteiger partial charge >= 0.3 is 6.18 Å². The van der Waals surface area contributed by atoms with Crippen LogP contribution in [0.1, 0.15) is 23.0 Å². The van der Waals surface area contributed by atoms with Crippen molar-refractivity contribution in [2.24, 2.45) is 0 Å². The van der Waals surface area contributed by atoms with Crippen LogP contribution in [0.15, 0.2) is 10.7 Å². The van der Waals surface area contributed by atoms with E-state index < -0.39 is 16.9 Å². The number of nitrogens with one attached hydrogen (secondary N) is 1. The normalized spacial score (nSPS) is 12.1. The van der Waals surface area contributed by atoms with E-state index in [1.807, 2.05) is 6.92 Å². The highest BCUT2D eigenvalue weighted by Crippen LogP contribution is 2.35. The second kappa shape index (κ2) is 5.37. The van der Waals surface area contributed by atoms with E-state index in [9.17, 15) is 13.2 Å². The summed E-state index contributed by atoms with van der Waals surface area (Å²) in [5, 5.41) is 6.75. The number of hydrogen-bond acceptors (Lipinski definition) is 5. The monoisotopic (exact) mass is 346 g/mol. The first-order chi connectivity index (χ1) is 10.8. The molecule has 0 atom stereocenters. The van der Waals surface area contributed by atoms with Gasteiger partial charge in [-0.1, -0.05) is 16.8 Å². The number of H-pyrrole nitrogens is 1. The van der Waals surface area contributed by atoms with E-state index in [2.05, 4.69) is 25.2 Å². The van der Waals surface area contributed by atoms with Crippen LogP contribution in [0.4, 0.5) is 13.2 Å². The highest BCUT2D eigenvalue weighted by atomic mass is 35.5. The van der Waals surface area contributed by atoms with Gasteiger partial charge in [-0.2, -0.15) is 23.3 Å². The Morgan fingerprint density at radius 2 is 2.09 bits per heavy atom. The van der Waals surface area contributed by atoms with Crippen molar-refractivity contribution in [3.05, 3.63) is 34.2 Å². The molecule has 3 rings (SSSR count). The molecule has 122 valence electrons. The molecular weight excluding hydrogens is 337 g/mol. The fraction of sp³-hybridized carbons (Fsp3) is 0.333. The van der Waals surface area contributed by atoms with Crippen LogP contribution < -0.4 is 0 Å². The Hall–Kier alpha value is -2.36. The van der Waals surface area contributed by atoms with Crippen LogP contribution >= 0.6 is 11.6 Å². The van der Waals surface area contributed by atoms with E-state index in [1.54, 1.807) is 6.20 Å². The molecule has 0 bridgehead atoms. The molecule has 0 aliphatic carbocycles. The van der Waals surface area contributed by atoms with Crippen LogP contribution in [-0.4, -0.2) is 29.9 Å². The van der Waals surface area contributed by atoms with E-state index in [4.69, 9.17) is 16.1 Å². The predicted octanol–water partition coefficient (Wildman–Crippen LogP) is 2.99. The van der Waals surface area contributed by atoms with Gasteiger partial charge in [0.05, 0.1) is 10.7 Å². The number of aromatic nitrogens is 6. The van der Waals surface area contributed by atoms with Gasteiger partial charge in [0, 0.05) is 11.9 Å². The quantitative estimate of drug-likeness (QED) is 0.788. The Balaban J connectivity index is 1.87. The van der Waals surface area contributed by atoms with Gasteiger partial charge < -0.3 is 9.51 Å². The maximum absolute atomic E-state index is 12.8. The maximum Gasteiger partial charge on any atom is 0.436 e. The van der Waals surface area contributed by atoms with Crippen LogP contribution in [0.2, 0.25) is 5.02 Å². The predicted molar refractivity (Wildman–Crippen MR) is 72.7 cm³/mol. The number of halogens is 4. The summed E-state index contributed by atoms with van der Waals surface area (Å²) in [5.74, 6) is 0.703. The van der Waals surface area contributed by atoms with Crippen molar-refractivity contribution in [2.75, 3.05) is 0 Å². The molecule has 1 N–H and O–H groups in total. The van der Waals surface area contributed by atoms with E-state index in [0.29, 0.717) is 5.82 Å². The first-order valence-corrected chi connectivity index (χ1v) is 6.78. The second-order valence-corrected chi connectivity index (χ2v) is 5.21. The summed E-state index contributed by atoms with van der Waals surface area (Å²) in [6, 6.07) is 0. The third kappa shape index (κ3) is 2.93. The molecular formula is C12H10ClF3N6O. The number of rotatable bonds is 3. The molecule has 0 spiro atoms. The lowest BCUT2D eigenvalue weighted by molar-refractivity contribution is -0.141. The largest absolute Gasteiger partial charge is 0.436 e. The minimum atomic E-state index is -4.63. The molecule has 0 fully saturated rings. The molecule has 0 saturated heterocycles. The number of imidazole rings is 1. The SMILES string of the molecule is Cc1cnc(-c2noc(Cn3nc(C(F)(F)F)c(Cl)c3C)n2)[nH]1. The van der Waals surface area contributed by atoms with E-state index >= 15 is 0 Å². The highest BCUT2D eigenvalue weighted by Gasteiger charge is 2.38. The summed E-state index contributed by atoms with van der Waals surface area (Å²) in [6.07, 6.45) is -3.03. The minimum absolute atomic E-state index is 0.0880. The molecule has 23 heavy (non-hydrogen) atoms. The Kier molecular flexibility index (Phi) is 3.63. The number of aryl methyl sites for hydroxylation is 1. The lowest BCUT2D eigenvalue weighted by Crippen LogP contribution is -2.09. The van der Waals surface area contributed by atoms with Gasteiger partial charge in [0.15, 0.2) is 11.5 Å². The lowest BCUT2D eigenvalue weighted by atomic mass is 10.3. The number of alkyl halides is 3. The number of aromatic amines is 1. The van der Waals surface area contributed by atoms with Crippen LogP contribution in [-0.2, 0) is 12.7 Å². The van der Waals surface area contributed by atoms with Gasteiger partial charge in [-0.25, -0.2) is 4.98 Å². The van der Waals surface area contributed by atoms with Crippen LogP contribution in [0, 0.1) is 13.8 Å². The molecule has 0 amide bonds. The smallest absolute Gasteiger partial charge is 0.339 e. The van der Waals surface area contributed by atoms with Crippen molar-refractivity contribution >= 4 is 11.6 Å². The Morgan fingerprint density at radius 1 is 1.35 bits per heavy atom. The van der Waals surface area contributed by atoms with Crippen molar-refractivity contribution in [2.45, 2.75) is 26.6 Å². The Morgan fingerprint density at radius 3 is 2.65 bits per heavy atom. The second-order valence-electron chi connectivity index (χ2n) is 4.83. The fourth-order valence-electron chi connectivity index (χ4n) is 1.93. The summed E-state index contributed by atoms with van der Waals surface area (Å²) in [4.78, 5) is 11.0. The molecule has 0 saturated carbocycles. The molecule has 0 aliphatic heterocycles. The third-order valence-electron chi connectivity index (χ3n) is 3.07. The molecule has 3 aromatic heterocycles. The molecule has 0 radical (unpaired) electrons. The van der Waals surface area contributed by atoms with E-state index in [-0.39, 0.29) is 24.0 Å². The lowest BCUT2D eigenvalue weighted by Gasteiger charge is -2.01. The van der Waals surface area contributed by atoms with Gasteiger partial charge in [-0.15, -0.1) is 0 Å². The van der Waals surface area contributed by atoms with Crippen LogP contribution in [0.5, 0.6) is 0 Å². The summed E-state index contributed by atoms with van der Waals surface area (Å²) >= 11 is 5.68. The van der Waals surface area contributed by atoms with E-state index in [1.165, 1.54) is 6.92 Å². The van der Waals surface area contributed by atoms with Gasteiger partial charge in [0.1, 0.15) is 6.54 Å². The van der Waals surface area contributed by atoms with Crippen molar-refractivity contribution in [1.82, 2.24) is 29.9 Å². The minimum Gasteiger partial charge on any atom is -0.339 e. The Labute approximate surface area is 132 Å². The van der Waals surface area contributed by atoms with Gasteiger partial charge in [0.2, 0.25) is 11.7 Å². The summed E-state index contributed by atoms with van der Waals surface area (Å²) < 4.78 is 44.4. The van der Waals surface area contributed by atoms with Crippen LogP contribution in [0.3, 0.4) is 0 Å². The number of hydrogen-bond donors (Lipinski definition) is 1. The fourth-order valence-corrected chi connectivity index (χ4v) is 2.17. The molecule has 0 aromatic carbocycles. The van der Waals surface area contributed by atoms with Crippen molar-refractivity contribution in [3.63, 3.8) is 0 Å². The first-order valence-electron chi connectivity index (χ1n) is 6.40. The maximum atomic E-state index is 12.8. The zero-order valence-corrected chi connectivity index (χ0v) is 12.7. The highest BCUT2D eigenvalue weighted by molar-refractivity contribution is 6.31. The van der Waals surface area contributed by atoms with Gasteiger partial charge in [0.25, 0.3) is 0 Å². The van der Waals surface area contributed by atoms with Gasteiger partial charge in [-0.05, 0) is 13.8 Å². The van der Waals surface area contributed by atoms with Crippen LogP contribution in [0.25, 0.3) is 11.6 Å². The average Bonchev–Trinajstić information content (AvgIpc) is 3.14. The third-order valence-corrected chi connectivity index (χ3v) is 3.52. The van der Waals surface area contributed by atoms with Crippen molar-refractivity contribution in [3.8, 4) is 11.6 Å². The standard InChI is InChI=1S/C12H10ClF3N6O/c1-5-3-17-10(18-5)11-19-7(23-21-11)4-22-6(2)8(13)9(20-22)12(14,15)16/h3H,4H2,1-2H3,(H,17,18). The summed E-state index contributed by atoms with van der Waals surface area (Å²) in [7, 11) is 0. The molecule has 0 unspecified atom stereocenters. The molecule has 7 nitrogen and oxygen atoms in total. The van der Waals surface area contributed by atoms with Gasteiger partial charge in [-0.3, -0.25) is 4.68 Å². The zero-order chi connectivity index (χ0) is 16.8. The molecule has 0 aliphatic rings.